The van der Waals surface area contributed by atoms with Crippen LogP contribution in [-0.2, 0) is 19.4 Å². The maximum Gasteiger partial charge on any atom is 0.0914 e. The summed E-state index contributed by atoms with van der Waals surface area (Å²) in [4.78, 5) is 0. The van der Waals surface area contributed by atoms with E-state index in [1.807, 2.05) is 18.2 Å². The van der Waals surface area contributed by atoms with Gasteiger partial charge in [0.25, 0.3) is 0 Å². The molecule has 0 amide bonds. The first-order chi connectivity index (χ1) is 10.7. The topological polar surface area (TPSA) is 32.3 Å². The van der Waals surface area contributed by atoms with Gasteiger partial charge in [-0.2, -0.15) is 0 Å². The van der Waals surface area contributed by atoms with Crippen LogP contribution < -0.4 is 5.32 Å². The van der Waals surface area contributed by atoms with E-state index in [2.05, 4.69) is 36.5 Å². The van der Waals surface area contributed by atoms with Crippen LogP contribution in [0, 0.1) is 6.92 Å². The van der Waals surface area contributed by atoms with Crippen molar-refractivity contribution in [3.8, 4) is 0 Å². The third kappa shape index (κ3) is 3.76. The Balaban J connectivity index is 1.54. The van der Waals surface area contributed by atoms with Gasteiger partial charge >= 0.3 is 0 Å². The van der Waals surface area contributed by atoms with E-state index in [4.69, 9.17) is 0 Å². The van der Waals surface area contributed by atoms with Crippen molar-refractivity contribution in [3.05, 3.63) is 70.3 Å². The van der Waals surface area contributed by atoms with Gasteiger partial charge in [-0.15, -0.1) is 0 Å². The smallest absolute Gasteiger partial charge is 0.0914 e. The van der Waals surface area contributed by atoms with E-state index >= 15 is 0 Å². The summed E-state index contributed by atoms with van der Waals surface area (Å²) in [6.45, 7) is 3.45. The summed E-state index contributed by atoms with van der Waals surface area (Å²) in [5.41, 5.74) is 6.53. The first-order valence-electron chi connectivity index (χ1n) is 8.28. The number of aliphatic hydroxyl groups excluding tert-OH is 1. The van der Waals surface area contributed by atoms with Crippen molar-refractivity contribution in [3.63, 3.8) is 0 Å². The first-order valence-corrected chi connectivity index (χ1v) is 8.28. The highest BCUT2D eigenvalue weighted by Gasteiger charge is 2.10. The second-order valence-corrected chi connectivity index (χ2v) is 6.37. The molecule has 2 N–H and O–H groups in total. The quantitative estimate of drug-likeness (QED) is 0.881. The molecule has 2 nitrogen and oxygen atoms in total. The minimum absolute atomic E-state index is 0.447. The van der Waals surface area contributed by atoms with Crippen molar-refractivity contribution in [2.24, 2.45) is 0 Å². The molecule has 0 saturated heterocycles. The summed E-state index contributed by atoms with van der Waals surface area (Å²) in [5, 5.41) is 13.6. The van der Waals surface area contributed by atoms with E-state index < -0.39 is 6.10 Å². The summed E-state index contributed by atoms with van der Waals surface area (Å²) in [7, 11) is 0. The molecule has 2 heteroatoms. The molecule has 3 rings (SSSR count). The Bertz CT molecular complexity index is 635. The van der Waals surface area contributed by atoms with Gasteiger partial charge in [-0.3, -0.25) is 0 Å². The molecule has 1 atom stereocenters. The van der Waals surface area contributed by atoms with Crippen LogP contribution in [0.25, 0.3) is 0 Å². The van der Waals surface area contributed by atoms with Crippen LogP contribution in [-0.4, -0.2) is 11.7 Å². The Morgan fingerprint density at radius 3 is 2.68 bits per heavy atom. The first kappa shape index (κ1) is 15.3. The maximum atomic E-state index is 10.3. The molecule has 1 unspecified atom stereocenters. The van der Waals surface area contributed by atoms with Crippen LogP contribution in [0.15, 0.2) is 42.5 Å². The molecule has 0 aromatic heterocycles. The van der Waals surface area contributed by atoms with Gasteiger partial charge in [-0.05, 0) is 54.9 Å². The van der Waals surface area contributed by atoms with Crippen molar-refractivity contribution in [2.45, 2.75) is 45.3 Å². The molecule has 0 bridgehead atoms. The molecule has 0 aliphatic heterocycles. The largest absolute Gasteiger partial charge is 0.387 e. The molecule has 0 spiro atoms. The molecule has 1 aliphatic rings. The van der Waals surface area contributed by atoms with Gasteiger partial charge in [-0.25, -0.2) is 0 Å². The van der Waals surface area contributed by atoms with Crippen LogP contribution in [0.2, 0.25) is 0 Å². The molecule has 2 aromatic carbocycles. The van der Waals surface area contributed by atoms with Gasteiger partial charge in [0, 0.05) is 13.1 Å². The summed E-state index contributed by atoms with van der Waals surface area (Å²) in [6.07, 6.45) is 4.64. The van der Waals surface area contributed by atoms with Crippen molar-refractivity contribution in [2.75, 3.05) is 6.54 Å². The van der Waals surface area contributed by atoms with Gasteiger partial charge < -0.3 is 10.4 Å². The van der Waals surface area contributed by atoms with Gasteiger partial charge in [0.2, 0.25) is 0 Å². The van der Waals surface area contributed by atoms with Crippen molar-refractivity contribution >= 4 is 0 Å². The lowest BCUT2D eigenvalue weighted by atomic mass is 9.90. The molecular formula is C20H25NO. The molecule has 0 heterocycles. The third-order valence-corrected chi connectivity index (χ3v) is 4.51. The van der Waals surface area contributed by atoms with Crippen LogP contribution in [0.1, 0.15) is 46.8 Å². The zero-order chi connectivity index (χ0) is 15.4. The van der Waals surface area contributed by atoms with E-state index in [-0.39, 0.29) is 0 Å². The van der Waals surface area contributed by atoms with Gasteiger partial charge in [0.05, 0.1) is 6.10 Å². The van der Waals surface area contributed by atoms with Gasteiger partial charge in [0.1, 0.15) is 0 Å². The summed E-state index contributed by atoms with van der Waals surface area (Å²) >= 11 is 0. The van der Waals surface area contributed by atoms with Gasteiger partial charge in [-0.1, -0.05) is 48.0 Å². The Morgan fingerprint density at radius 2 is 1.86 bits per heavy atom. The summed E-state index contributed by atoms with van der Waals surface area (Å²) in [5.74, 6) is 0. The summed E-state index contributed by atoms with van der Waals surface area (Å²) < 4.78 is 0. The number of aryl methyl sites for hydroxylation is 3. The normalized spacial score (nSPS) is 15.4. The molecular weight excluding hydrogens is 270 g/mol. The average Bonchev–Trinajstić information content (AvgIpc) is 2.54. The molecule has 0 saturated carbocycles. The fourth-order valence-corrected chi connectivity index (χ4v) is 3.25. The number of hydrogen-bond acceptors (Lipinski definition) is 2. The molecule has 22 heavy (non-hydrogen) atoms. The molecule has 1 aliphatic carbocycles. The summed E-state index contributed by atoms with van der Waals surface area (Å²) in [6, 6.07) is 14.9. The van der Waals surface area contributed by atoms with E-state index in [0.717, 1.165) is 12.1 Å². The van der Waals surface area contributed by atoms with Crippen LogP contribution in [0.5, 0.6) is 0 Å². The zero-order valence-corrected chi connectivity index (χ0v) is 13.3. The predicted molar refractivity (Wildman–Crippen MR) is 90.9 cm³/mol. The van der Waals surface area contributed by atoms with E-state index in [1.165, 1.54) is 47.9 Å². The fraction of sp³-hybridized carbons (Fsp3) is 0.400. The number of nitrogens with one attached hydrogen (secondary N) is 1. The lowest BCUT2D eigenvalue weighted by Gasteiger charge is -2.17. The van der Waals surface area contributed by atoms with Crippen molar-refractivity contribution in [1.29, 1.82) is 0 Å². The second-order valence-electron chi connectivity index (χ2n) is 6.37. The Labute approximate surface area is 133 Å². The number of fused-ring (bicyclic) bond motifs is 1. The molecule has 2 aromatic rings. The minimum Gasteiger partial charge on any atom is -0.387 e. The highest BCUT2D eigenvalue weighted by Crippen LogP contribution is 2.22. The lowest BCUT2D eigenvalue weighted by Crippen LogP contribution is -2.21. The number of rotatable bonds is 5. The Kier molecular flexibility index (Phi) is 4.91. The molecule has 0 radical (unpaired) electrons. The van der Waals surface area contributed by atoms with Crippen LogP contribution in [0.4, 0.5) is 0 Å². The lowest BCUT2D eigenvalue weighted by molar-refractivity contribution is 0.174. The Morgan fingerprint density at radius 1 is 1.05 bits per heavy atom. The van der Waals surface area contributed by atoms with E-state index in [0.29, 0.717) is 6.54 Å². The van der Waals surface area contributed by atoms with Crippen LogP contribution in [0.3, 0.4) is 0 Å². The van der Waals surface area contributed by atoms with Crippen molar-refractivity contribution in [1.82, 2.24) is 5.32 Å². The molecule has 0 fully saturated rings. The highest BCUT2D eigenvalue weighted by molar-refractivity contribution is 5.33. The number of benzene rings is 2. The van der Waals surface area contributed by atoms with E-state index in [9.17, 15) is 5.11 Å². The minimum atomic E-state index is -0.447. The van der Waals surface area contributed by atoms with Crippen molar-refractivity contribution < 1.29 is 5.11 Å². The van der Waals surface area contributed by atoms with Crippen LogP contribution >= 0.6 is 0 Å². The zero-order valence-electron chi connectivity index (χ0n) is 13.3. The maximum absolute atomic E-state index is 10.3. The second kappa shape index (κ2) is 7.08. The third-order valence-electron chi connectivity index (χ3n) is 4.51. The molecule has 116 valence electrons. The SMILES string of the molecule is Cc1cccc(C(O)CNCc2ccc3c(c2)CCCC3)c1. The highest BCUT2D eigenvalue weighted by atomic mass is 16.3. The monoisotopic (exact) mass is 295 g/mol. The predicted octanol–water partition coefficient (Wildman–Crippen LogP) is 3.70. The van der Waals surface area contributed by atoms with Gasteiger partial charge in [0.15, 0.2) is 0 Å². The standard InChI is InChI=1S/C20H25NO/c1-15-5-4-8-19(11-15)20(22)14-21-13-16-9-10-17-6-2-3-7-18(17)12-16/h4-5,8-12,20-22H,2-3,6-7,13-14H2,1H3. The van der Waals surface area contributed by atoms with E-state index in [1.54, 1.807) is 0 Å². The average molecular weight is 295 g/mol. The number of hydrogen-bond donors (Lipinski definition) is 2. The Hall–Kier alpha value is -1.64. The fourth-order valence-electron chi connectivity index (χ4n) is 3.25. The number of aliphatic hydroxyl groups is 1.